The second-order valence-corrected chi connectivity index (χ2v) is 6.79. The Hall–Kier alpha value is -2.43. The number of hydrogen-bond acceptors (Lipinski definition) is 3. The van der Waals surface area contributed by atoms with Crippen LogP contribution in [-0.4, -0.2) is 46.3 Å². The molecule has 0 radical (unpaired) electrons. The molecule has 1 fully saturated rings. The standard InChI is InChI=1S/C21H24N4/c1-23-12-13-24(21(17-23)19-8-4-2-5-9-19)15-18-14-22-25(16-18)20-10-6-3-7-11-20/h2-11,14,16,21H,12-13,15,17H2,1H3. The summed E-state index contributed by atoms with van der Waals surface area (Å²) in [6, 6.07) is 21.6. The lowest BCUT2D eigenvalue weighted by Crippen LogP contribution is -2.46. The van der Waals surface area contributed by atoms with Gasteiger partial charge in [0.15, 0.2) is 0 Å². The first-order valence-electron chi connectivity index (χ1n) is 8.86. The van der Waals surface area contributed by atoms with Crippen molar-refractivity contribution in [3.63, 3.8) is 0 Å². The van der Waals surface area contributed by atoms with E-state index in [0.29, 0.717) is 6.04 Å². The number of benzene rings is 2. The summed E-state index contributed by atoms with van der Waals surface area (Å²) in [6.07, 6.45) is 4.14. The fraction of sp³-hybridized carbons (Fsp3) is 0.286. The molecular formula is C21H24N4. The van der Waals surface area contributed by atoms with Crippen LogP contribution < -0.4 is 0 Å². The molecule has 2 heterocycles. The maximum absolute atomic E-state index is 4.54. The van der Waals surface area contributed by atoms with E-state index in [1.165, 1.54) is 11.1 Å². The van der Waals surface area contributed by atoms with Gasteiger partial charge in [-0.1, -0.05) is 48.5 Å². The van der Waals surface area contributed by atoms with Gasteiger partial charge in [0.2, 0.25) is 0 Å². The Kier molecular flexibility index (Phi) is 4.63. The highest BCUT2D eigenvalue weighted by Gasteiger charge is 2.26. The van der Waals surface area contributed by atoms with Crippen LogP contribution in [0.4, 0.5) is 0 Å². The predicted octanol–water partition coefficient (Wildman–Crippen LogP) is 3.36. The molecule has 0 spiro atoms. The van der Waals surface area contributed by atoms with Gasteiger partial charge in [-0.3, -0.25) is 4.90 Å². The molecular weight excluding hydrogens is 308 g/mol. The highest BCUT2D eigenvalue weighted by Crippen LogP contribution is 2.26. The Labute approximate surface area is 149 Å². The second kappa shape index (κ2) is 7.21. The number of rotatable bonds is 4. The summed E-state index contributed by atoms with van der Waals surface area (Å²) in [5.74, 6) is 0. The highest BCUT2D eigenvalue weighted by molar-refractivity contribution is 5.31. The number of para-hydroxylation sites is 1. The van der Waals surface area contributed by atoms with Gasteiger partial charge >= 0.3 is 0 Å². The average Bonchev–Trinajstić information content (AvgIpc) is 3.13. The normalized spacial score (nSPS) is 19.2. The van der Waals surface area contributed by atoms with E-state index in [-0.39, 0.29) is 0 Å². The molecule has 1 saturated heterocycles. The summed E-state index contributed by atoms with van der Waals surface area (Å²) >= 11 is 0. The largest absolute Gasteiger partial charge is 0.303 e. The van der Waals surface area contributed by atoms with E-state index in [0.717, 1.165) is 31.9 Å². The van der Waals surface area contributed by atoms with Crippen LogP contribution in [0.3, 0.4) is 0 Å². The summed E-state index contributed by atoms with van der Waals surface area (Å²) in [4.78, 5) is 4.99. The maximum atomic E-state index is 4.54. The monoisotopic (exact) mass is 332 g/mol. The van der Waals surface area contributed by atoms with Crippen molar-refractivity contribution in [1.82, 2.24) is 19.6 Å². The topological polar surface area (TPSA) is 24.3 Å². The molecule has 0 saturated carbocycles. The first-order chi connectivity index (χ1) is 12.3. The third-order valence-electron chi connectivity index (χ3n) is 4.92. The Morgan fingerprint density at radius 3 is 2.44 bits per heavy atom. The molecule has 2 aromatic carbocycles. The van der Waals surface area contributed by atoms with Crippen LogP contribution in [0.15, 0.2) is 73.1 Å². The predicted molar refractivity (Wildman–Crippen MR) is 101 cm³/mol. The van der Waals surface area contributed by atoms with E-state index in [4.69, 9.17) is 0 Å². The molecule has 0 amide bonds. The third-order valence-corrected chi connectivity index (χ3v) is 4.92. The second-order valence-electron chi connectivity index (χ2n) is 6.79. The van der Waals surface area contributed by atoms with E-state index >= 15 is 0 Å². The lowest BCUT2D eigenvalue weighted by molar-refractivity contribution is 0.0834. The molecule has 1 aromatic heterocycles. The van der Waals surface area contributed by atoms with Gasteiger partial charge in [-0.2, -0.15) is 5.10 Å². The molecule has 4 nitrogen and oxygen atoms in total. The Morgan fingerprint density at radius 1 is 0.960 bits per heavy atom. The van der Waals surface area contributed by atoms with E-state index in [2.05, 4.69) is 70.6 Å². The van der Waals surface area contributed by atoms with Crippen LogP contribution >= 0.6 is 0 Å². The van der Waals surface area contributed by atoms with Crippen LogP contribution in [0.5, 0.6) is 0 Å². The first-order valence-corrected chi connectivity index (χ1v) is 8.86. The van der Waals surface area contributed by atoms with Gasteiger partial charge < -0.3 is 4.90 Å². The molecule has 4 heteroatoms. The summed E-state index contributed by atoms with van der Waals surface area (Å²) in [5, 5.41) is 4.54. The van der Waals surface area contributed by atoms with Gasteiger partial charge in [0.05, 0.1) is 11.9 Å². The fourth-order valence-electron chi connectivity index (χ4n) is 3.54. The summed E-state index contributed by atoms with van der Waals surface area (Å²) < 4.78 is 1.96. The number of aromatic nitrogens is 2. The molecule has 4 rings (SSSR count). The molecule has 25 heavy (non-hydrogen) atoms. The van der Waals surface area contributed by atoms with Crippen molar-refractivity contribution in [2.24, 2.45) is 0 Å². The van der Waals surface area contributed by atoms with Crippen molar-refractivity contribution in [2.45, 2.75) is 12.6 Å². The van der Waals surface area contributed by atoms with E-state index in [1.807, 2.05) is 29.1 Å². The molecule has 1 aliphatic heterocycles. The van der Waals surface area contributed by atoms with Gasteiger partial charge in [0, 0.05) is 44.0 Å². The molecule has 0 N–H and O–H groups in total. The fourth-order valence-corrected chi connectivity index (χ4v) is 3.54. The van der Waals surface area contributed by atoms with Crippen LogP contribution in [0.2, 0.25) is 0 Å². The van der Waals surface area contributed by atoms with Gasteiger partial charge in [-0.15, -0.1) is 0 Å². The van der Waals surface area contributed by atoms with Crippen molar-refractivity contribution in [1.29, 1.82) is 0 Å². The van der Waals surface area contributed by atoms with Crippen LogP contribution in [-0.2, 0) is 6.54 Å². The number of likely N-dealkylation sites (N-methyl/N-ethyl adjacent to an activating group) is 1. The minimum atomic E-state index is 0.431. The quantitative estimate of drug-likeness (QED) is 0.732. The van der Waals surface area contributed by atoms with Gasteiger partial charge in [-0.25, -0.2) is 4.68 Å². The van der Waals surface area contributed by atoms with Crippen molar-refractivity contribution in [2.75, 3.05) is 26.7 Å². The minimum absolute atomic E-state index is 0.431. The van der Waals surface area contributed by atoms with Crippen LogP contribution in [0.1, 0.15) is 17.2 Å². The van der Waals surface area contributed by atoms with Crippen molar-refractivity contribution < 1.29 is 0 Å². The molecule has 1 unspecified atom stereocenters. The van der Waals surface area contributed by atoms with Gasteiger partial charge in [-0.05, 0) is 24.7 Å². The Bertz CT molecular complexity index is 797. The number of nitrogens with zero attached hydrogens (tertiary/aromatic N) is 4. The molecule has 128 valence electrons. The van der Waals surface area contributed by atoms with Crippen molar-refractivity contribution in [3.8, 4) is 5.69 Å². The summed E-state index contributed by atoms with van der Waals surface area (Å²) in [7, 11) is 2.21. The van der Waals surface area contributed by atoms with Crippen LogP contribution in [0, 0.1) is 0 Å². The Balaban J connectivity index is 1.53. The lowest BCUT2D eigenvalue weighted by atomic mass is 10.0. The molecule has 0 bridgehead atoms. The zero-order valence-electron chi connectivity index (χ0n) is 14.6. The van der Waals surface area contributed by atoms with Crippen LogP contribution in [0.25, 0.3) is 5.69 Å². The van der Waals surface area contributed by atoms with Gasteiger partial charge in [0.1, 0.15) is 0 Å². The lowest BCUT2D eigenvalue weighted by Gasteiger charge is -2.40. The maximum Gasteiger partial charge on any atom is 0.0645 e. The molecule has 1 atom stereocenters. The zero-order chi connectivity index (χ0) is 17.1. The number of hydrogen-bond donors (Lipinski definition) is 0. The zero-order valence-corrected chi connectivity index (χ0v) is 14.6. The van der Waals surface area contributed by atoms with Gasteiger partial charge in [0.25, 0.3) is 0 Å². The third kappa shape index (κ3) is 3.65. The van der Waals surface area contributed by atoms with E-state index < -0.39 is 0 Å². The molecule has 3 aromatic rings. The first kappa shape index (κ1) is 16.1. The summed E-state index contributed by atoms with van der Waals surface area (Å²) in [6.45, 7) is 4.18. The highest BCUT2D eigenvalue weighted by atomic mass is 15.3. The molecule has 1 aliphatic rings. The number of piperazine rings is 1. The van der Waals surface area contributed by atoms with E-state index in [1.54, 1.807) is 0 Å². The molecule has 0 aliphatic carbocycles. The average molecular weight is 332 g/mol. The smallest absolute Gasteiger partial charge is 0.0645 e. The minimum Gasteiger partial charge on any atom is -0.303 e. The van der Waals surface area contributed by atoms with Crippen molar-refractivity contribution in [3.05, 3.63) is 84.2 Å². The van der Waals surface area contributed by atoms with E-state index in [9.17, 15) is 0 Å². The summed E-state index contributed by atoms with van der Waals surface area (Å²) in [5.41, 5.74) is 3.76. The SMILES string of the molecule is CN1CCN(Cc2cnn(-c3ccccc3)c2)C(c2ccccc2)C1. The Morgan fingerprint density at radius 2 is 1.68 bits per heavy atom. The van der Waals surface area contributed by atoms with Crippen molar-refractivity contribution >= 4 is 0 Å².